The van der Waals surface area contributed by atoms with Crippen LogP contribution in [0.2, 0.25) is 0 Å². The summed E-state index contributed by atoms with van der Waals surface area (Å²) in [5.74, 6) is 2.49. The highest BCUT2D eigenvalue weighted by Gasteiger charge is 2.14. The first kappa shape index (κ1) is 20.1. The third-order valence-corrected chi connectivity index (χ3v) is 5.95. The minimum atomic E-state index is 0.0923. The van der Waals surface area contributed by atoms with E-state index < -0.39 is 0 Å². The molecule has 0 spiro atoms. The third kappa shape index (κ3) is 4.44. The van der Waals surface area contributed by atoms with Crippen LogP contribution in [0.3, 0.4) is 0 Å². The van der Waals surface area contributed by atoms with E-state index in [1.165, 1.54) is 17.3 Å². The van der Waals surface area contributed by atoms with Crippen molar-refractivity contribution < 1.29 is 9.53 Å². The maximum atomic E-state index is 12.5. The first-order valence-electron chi connectivity index (χ1n) is 9.33. The monoisotopic (exact) mass is 395 g/mol. The van der Waals surface area contributed by atoms with Crippen molar-refractivity contribution in [2.24, 2.45) is 7.05 Å². The molecule has 1 aromatic heterocycles. The summed E-state index contributed by atoms with van der Waals surface area (Å²) in [5.41, 5.74) is 2.95. The van der Waals surface area contributed by atoms with Gasteiger partial charge in [0.1, 0.15) is 5.75 Å². The highest BCUT2D eigenvalue weighted by atomic mass is 32.2. The van der Waals surface area contributed by atoms with E-state index in [0.29, 0.717) is 11.7 Å². The quantitative estimate of drug-likeness (QED) is 0.398. The number of ether oxygens (including phenoxy) is 1. The number of nitrogens with zero attached hydrogens (tertiary/aromatic N) is 3. The van der Waals surface area contributed by atoms with Crippen molar-refractivity contribution in [2.75, 3.05) is 12.9 Å². The summed E-state index contributed by atoms with van der Waals surface area (Å²) in [5, 5.41) is 9.23. The standard InChI is InChI=1S/C22H25N3O2S/c1-5-15(2)16-6-8-17(9-7-16)20(26)14-28-22-24-23-21(25(22)3)18-10-12-19(27-4)13-11-18/h6-13,15H,5,14H2,1-4H3/t15-/m1/s1. The molecule has 146 valence electrons. The van der Waals surface area contributed by atoms with Crippen LogP contribution in [-0.2, 0) is 7.05 Å². The average Bonchev–Trinajstić information content (AvgIpc) is 3.11. The van der Waals surface area contributed by atoms with Gasteiger partial charge in [0.05, 0.1) is 12.9 Å². The molecule has 0 N–H and O–H groups in total. The second kappa shape index (κ2) is 9.06. The van der Waals surface area contributed by atoms with Crippen LogP contribution in [0, 0.1) is 0 Å². The number of carbonyl (C=O) groups excluding carboxylic acids is 1. The van der Waals surface area contributed by atoms with Gasteiger partial charge >= 0.3 is 0 Å². The lowest BCUT2D eigenvalue weighted by molar-refractivity contribution is 0.102. The van der Waals surface area contributed by atoms with Crippen molar-refractivity contribution >= 4 is 17.5 Å². The van der Waals surface area contributed by atoms with Gasteiger partial charge in [-0.3, -0.25) is 4.79 Å². The number of aromatic nitrogens is 3. The Morgan fingerprint density at radius 3 is 2.39 bits per heavy atom. The van der Waals surface area contributed by atoms with Crippen molar-refractivity contribution in [3.05, 3.63) is 59.7 Å². The molecule has 3 rings (SSSR count). The largest absolute Gasteiger partial charge is 0.497 e. The van der Waals surface area contributed by atoms with Crippen molar-refractivity contribution in [3.63, 3.8) is 0 Å². The molecule has 28 heavy (non-hydrogen) atoms. The molecule has 5 nitrogen and oxygen atoms in total. The Bertz CT molecular complexity index is 933. The lowest BCUT2D eigenvalue weighted by Gasteiger charge is -2.09. The van der Waals surface area contributed by atoms with Gasteiger partial charge in [-0.25, -0.2) is 0 Å². The van der Waals surface area contributed by atoms with Crippen LogP contribution in [0.1, 0.15) is 42.1 Å². The number of hydrogen-bond donors (Lipinski definition) is 0. The number of Topliss-reactive ketones (excluding diaryl/α,β-unsaturated/α-hetero) is 1. The van der Waals surface area contributed by atoms with E-state index in [1.54, 1.807) is 7.11 Å². The van der Waals surface area contributed by atoms with Crippen molar-refractivity contribution in [2.45, 2.75) is 31.3 Å². The highest BCUT2D eigenvalue weighted by Crippen LogP contribution is 2.25. The molecule has 6 heteroatoms. The highest BCUT2D eigenvalue weighted by molar-refractivity contribution is 7.99. The summed E-state index contributed by atoms with van der Waals surface area (Å²) in [6.07, 6.45) is 1.09. The molecule has 0 amide bonds. The van der Waals surface area contributed by atoms with Gasteiger partial charge in [0.15, 0.2) is 16.8 Å². The Labute approximate surface area is 170 Å². The molecule has 1 heterocycles. The van der Waals surface area contributed by atoms with Gasteiger partial charge in [0.2, 0.25) is 0 Å². The van der Waals surface area contributed by atoms with Crippen LogP contribution in [-0.4, -0.2) is 33.4 Å². The molecule has 0 saturated carbocycles. The average molecular weight is 396 g/mol. The third-order valence-electron chi connectivity index (χ3n) is 4.93. The normalized spacial score (nSPS) is 12.0. The Balaban J connectivity index is 1.66. The van der Waals surface area contributed by atoms with Gasteiger partial charge in [0.25, 0.3) is 0 Å². The fraction of sp³-hybridized carbons (Fsp3) is 0.318. The number of benzene rings is 2. The number of methoxy groups -OCH3 is 1. The van der Waals surface area contributed by atoms with Gasteiger partial charge in [-0.15, -0.1) is 10.2 Å². The summed E-state index contributed by atoms with van der Waals surface area (Å²) >= 11 is 1.40. The molecule has 0 aliphatic carbocycles. The fourth-order valence-corrected chi connectivity index (χ4v) is 3.68. The molecule has 0 fully saturated rings. The molecule has 0 radical (unpaired) electrons. The van der Waals surface area contributed by atoms with Crippen LogP contribution in [0.4, 0.5) is 0 Å². The lowest BCUT2D eigenvalue weighted by atomic mass is 9.97. The second-order valence-corrected chi connectivity index (χ2v) is 7.68. The number of ketones is 1. The second-order valence-electron chi connectivity index (χ2n) is 6.74. The minimum absolute atomic E-state index is 0.0923. The minimum Gasteiger partial charge on any atom is -0.497 e. The molecular weight excluding hydrogens is 370 g/mol. The zero-order valence-corrected chi connectivity index (χ0v) is 17.5. The van der Waals surface area contributed by atoms with Gasteiger partial charge in [-0.2, -0.15) is 0 Å². The molecule has 0 saturated heterocycles. The Morgan fingerprint density at radius 2 is 1.79 bits per heavy atom. The molecule has 2 aromatic carbocycles. The fourth-order valence-electron chi connectivity index (χ4n) is 2.88. The lowest BCUT2D eigenvalue weighted by Crippen LogP contribution is -2.04. The predicted octanol–water partition coefficient (Wildman–Crippen LogP) is 4.98. The van der Waals surface area contributed by atoms with Crippen molar-refractivity contribution in [3.8, 4) is 17.1 Å². The topological polar surface area (TPSA) is 57.0 Å². The number of rotatable bonds is 8. The zero-order chi connectivity index (χ0) is 20.1. The maximum Gasteiger partial charge on any atom is 0.191 e. The van der Waals surface area contributed by atoms with Gasteiger partial charge in [0, 0.05) is 18.2 Å². The van der Waals surface area contributed by atoms with E-state index in [9.17, 15) is 4.79 Å². The first-order valence-corrected chi connectivity index (χ1v) is 10.3. The summed E-state index contributed by atoms with van der Waals surface area (Å²) in [7, 11) is 3.55. The molecule has 3 aromatic rings. The smallest absolute Gasteiger partial charge is 0.191 e. The summed E-state index contributed by atoms with van der Waals surface area (Å²) in [6, 6.07) is 15.6. The summed E-state index contributed by atoms with van der Waals surface area (Å²) < 4.78 is 7.10. The first-order chi connectivity index (χ1) is 13.5. The predicted molar refractivity (Wildman–Crippen MR) is 113 cm³/mol. The summed E-state index contributed by atoms with van der Waals surface area (Å²) in [4.78, 5) is 12.5. The van der Waals surface area contributed by atoms with E-state index in [4.69, 9.17) is 4.74 Å². The van der Waals surface area contributed by atoms with Crippen LogP contribution >= 0.6 is 11.8 Å². The Kier molecular flexibility index (Phi) is 6.52. The van der Waals surface area contributed by atoms with Gasteiger partial charge in [-0.05, 0) is 42.2 Å². The van der Waals surface area contributed by atoms with Crippen molar-refractivity contribution in [1.82, 2.24) is 14.8 Å². The van der Waals surface area contributed by atoms with E-state index in [-0.39, 0.29) is 5.78 Å². The molecule has 0 bridgehead atoms. The molecule has 0 aliphatic rings. The van der Waals surface area contributed by atoms with Crippen LogP contribution in [0.15, 0.2) is 53.7 Å². The molecule has 1 atom stereocenters. The van der Waals surface area contributed by atoms with Gasteiger partial charge in [-0.1, -0.05) is 49.9 Å². The van der Waals surface area contributed by atoms with Crippen LogP contribution < -0.4 is 4.74 Å². The van der Waals surface area contributed by atoms with Crippen LogP contribution in [0.25, 0.3) is 11.4 Å². The Morgan fingerprint density at radius 1 is 1.11 bits per heavy atom. The van der Waals surface area contributed by atoms with Gasteiger partial charge < -0.3 is 9.30 Å². The number of thioether (sulfide) groups is 1. The molecule has 0 aliphatic heterocycles. The molecular formula is C22H25N3O2S. The van der Waals surface area contributed by atoms with E-state index in [0.717, 1.165) is 34.3 Å². The van der Waals surface area contributed by atoms with Crippen molar-refractivity contribution in [1.29, 1.82) is 0 Å². The zero-order valence-electron chi connectivity index (χ0n) is 16.7. The SMILES string of the molecule is CC[C@@H](C)c1ccc(C(=O)CSc2nnc(-c3ccc(OC)cc3)n2C)cc1. The Hall–Kier alpha value is -2.60. The number of hydrogen-bond acceptors (Lipinski definition) is 5. The number of carbonyl (C=O) groups is 1. The van der Waals surface area contributed by atoms with E-state index in [2.05, 4.69) is 36.2 Å². The van der Waals surface area contributed by atoms with E-state index >= 15 is 0 Å². The molecule has 0 unspecified atom stereocenters. The maximum absolute atomic E-state index is 12.5. The summed E-state index contributed by atoms with van der Waals surface area (Å²) in [6.45, 7) is 4.36. The van der Waals surface area contributed by atoms with E-state index in [1.807, 2.05) is 48.0 Å². The van der Waals surface area contributed by atoms with Crippen LogP contribution in [0.5, 0.6) is 5.75 Å².